The third-order valence-electron chi connectivity index (χ3n) is 14.2. The Labute approximate surface area is 454 Å². The monoisotopic (exact) mass is 1080 g/mol. The first-order valence-electron chi connectivity index (χ1n) is 27.0. The average Bonchev–Trinajstić information content (AvgIpc) is 4.27. The minimum absolute atomic E-state index is 0.0193. The van der Waals surface area contributed by atoms with Crippen LogP contribution in [0.5, 0.6) is 0 Å². The first-order chi connectivity index (χ1) is 37.5. The second-order valence-corrected chi connectivity index (χ2v) is 20.4. The molecule has 420 valence electrons. The van der Waals surface area contributed by atoms with Crippen LogP contribution in [0.2, 0.25) is 0 Å². The Kier molecular flexibility index (Phi) is 22.5. The molecule has 0 unspecified atom stereocenters. The number of carbonyl (C=O) groups excluding carboxylic acids is 7. The number of fused-ring (bicyclic) bond motifs is 1. The Morgan fingerprint density at radius 3 is 1.82 bits per heavy atom. The maximum absolute atomic E-state index is 15.0. The minimum Gasteiger partial charge on any atom is -0.480 e. The van der Waals surface area contributed by atoms with Crippen LogP contribution in [-0.4, -0.2) is 143 Å². The van der Waals surface area contributed by atoms with Crippen molar-refractivity contribution in [2.45, 2.75) is 139 Å². The highest BCUT2D eigenvalue weighted by Gasteiger charge is 2.40. The molecule has 2 fully saturated rings. The molecule has 78 heavy (non-hydrogen) atoms. The van der Waals surface area contributed by atoms with Crippen LogP contribution in [0.3, 0.4) is 0 Å². The van der Waals surface area contributed by atoms with E-state index in [1.54, 1.807) is 50.4 Å². The molecule has 3 heterocycles. The summed E-state index contributed by atoms with van der Waals surface area (Å²) in [6.45, 7) is 4.67. The van der Waals surface area contributed by atoms with Gasteiger partial charge >= 0.3 is 5.97 Å². The van der Waals surface area contributed by atoms with Crippen LogP contribution < -0.4 is 54.0 Å². The molecule has 1 aromatic heterocycles. The summed E-state index contributed by atoms with van der Waals surface area (Å²) in [6.07, 6.45) is 5.21. The molecule has 2 aliphatic rings. The Morgan fingerprint density at radius 2 is 1.23 bits per heavy atom. The van der Waals surface area contributed by atoms with Gasteiger partial charge in [-0.2, -0.15) is 0 Å². The number of rotatable bonds is 29. The number of unbranched alkanes of at least 4 members (excludes halogenated alkanes) is 1. The van der Waals surface area contributed by atoms with Crippen molar-refractivity contribution in [1.82, 2.24) is 52.4 Å². The van der Waals surface area contributed by atoms with Crippen molar-refractivity contribution in [3.8, 4) is 0 Å². The third kappa shape index (κ3) is 17.3. The summed E-state index contributed by atoms with van der Waals surface area (Å²) in [6, 6.07) is 16.6. The van der Waals surface area contributed by atoms with Crippen LogP contribution >= 0.6 is 0 Å². The van der Waals surface area contributed by atoms with Crippen molar-refractivity contribution < 1.29 is 43.5 Å². The van der Waals surface area contributed by atoms with Gasteiger partial charge in [0, 0.05) is 49.5 Å². The number of hydrogen-bond acceptors (Lipinski definition) is 11. The van der Waals surface area contributed by atoms with Crippen molar-refractivity contribution in [2.75, 3.05) is 26.2 Å². The van der Waals surface area contributed by atoms with E-state index in [0.29, 0.717) is 49.9 Å². The Balaban J connectivity index is 1.29. The van der Waals surface area contributed by atoms with Gasteiger partial charge in [-0.25, -0.2) is 4.79 Å². The molecule has 0 spiro atoms. The third-order valence-corrected chi connectivity index (χ3v) is 14.2. The van der Waals surface area contributed by atoms with Crippen LogP contribution in [0.1, 0.15) is 88.3 Å². The zero-order valence-electron chi connectivity index (χ0n) is 44.5. The van der Waals surface area contributed by atoms with E-state index in [4.69, 9.17) is 16.9 Å². The first kappa shape index (κ1) is 59.4. The van der Waals surface area contributed by atoms with Gasteiger partial charge in [0.1, 0.15) is 42.3 Å². The lowest BCUT2D eigenvalue weighted by molar-refractivity contribution is -0.146. The molecule has 7 amide bonds. The SMILES string of the molecule is CC(C)[C@H](NC(=O)[C@@H]1CCCN1C(=O)[C@H](CCCCN)NC(=O)[C@H](Cc1ccccc1)NC(=O)[C@@H](Cc1c[nH]c2ccccc12)NC(=O)[C@H](CCCNC(=N)N)NC(=O)[C@@H](Cc1ccccc1)NC(=O)[C@@H]1CCCN1)C(=O)O. The molecule has 4 aromatic rings. The number of hydrogen-bond donors (Lipinski definition) is 13. The number of para-hydroxylation sites is 1. The smallest absolute Gasteiger partial charge is 0.326 e. The Morgan fingerprint density at radius 1 is 0.667 bits per heavy atom. The van der Waals surface area contributed by atoms with Gasteiger partial charge in [-0.05, 0) is 99.6 Å². The van der Waals surface area contributed by atoms with Gasteiger partial charge in [0.15, 0.2) is 5.96 Å². The summed E-state index contributed by atoms with van der Waals surface area (Å²) in [7, 11) is 0. The largest absolute Gasteiger partial charge is 0.480 e. The fourth-order valence-electron chi connectivity index (χ4n) is 9.93. The molecule has 8 atom stereocenters. The number of amides is 7. The van der Waals surface area contributed by atoms with Crippen molar-refractivity contribution >= 4 is 64.2 Å². The lowest BCUT2D eigenvalue weighted by Crippen LogP contribution is -2.61. The minimum atomic E-state index is -1.36. The topological polar surface area (TPSA) is 348 Å². The lowest BCUT2D eigenvalue weighted by atomic mass is 10.00. The van der Waals surface area contributed by atoms with E-state index in [9.17, 15) is 38.7 Å². The summed E-state index contributed by atoms with van der Waals surface area (Å²) >= 11 is 0. The van der Waals surface area contributed by atoms with E-state index >= 15 is 4.79 Å². The van der Waals surface area contributed by atoms with Crippen molar-refractivity contribution in [3.63, 3.8) is 0 Å². The maximum atomic E-state index is 15.0. The molecule has 0 aliphatic carbocycles. The quantitative estimate of drug-likeness (QED) is 0.0205. The normalized spacial score (nSPS) is 17.4. The maximum Gasteiger partial charge on any atom is 0.326 e. The second kappa shape index (κ2) is 29.6. The van der Waals surface area contributed by atoms with E-state index < -0.39 is 95.7 Å². The zero-order chi connectivity index (χ0) is 56.1. The first-order valence-corrected chi connectivity index (χ1v) is 27.0. The highest BCUT2D eigenvalue weighted by atomic mass is 16.4. The number of H-pyrrole nitrogens is 1. The van der Waals surface area contributed by atoms with Gasteiger partial charge in [0.25, 0.3) is 0 Å². The Bertz CT molecular complexity index is 2680. The molecule has 0 bridgehead atoms. The fourth-order valence-corrected chi connectivity index (χ4v) is 9.93. The number of carboxylic acid groups (broad SMARTS) is 1. The van der Waals surface area contributed by atoms with Crippen LogP contribution in [0.25, 0.3) is 10.9 Å². The van der Waals surface area contributed by atoms with Crippen molar-refractivity contribution in [3.05, 3.63) is 108 Å². The molecule has 22 nitrogen and oxygen atoms in total. The summed E-state index contributed by atoms with van der Waals surface area (Å²) in [5.74, 6) is -6.30. The summed E-state index contributed by atoms with van der Waals surface area (Å²) < 4.78 is 0. The van der Waals surface area contributed by atoms with Gasteiger partial charge in [-0.1, -0.05) is 92.7 Å². The van der Waals surface area contributed by atoms with E-state index in [1.165, 1.54) is 4.90 Å². The fraction of sp³-hybridized carbons (Fsp3) is 0.482. The molecule has 15 N–H and O–H groups in total. The number of aromatic amines is 1. The number of benzene rings is 3. The van der Waals surface area contributed by atoms with E-state index in [-0.39, 0.29) is 69.9 Å². The number of aromatic nitrogens is 1. The van der Waals surface area contributed by atoms with E-state index in [1.807, 2.05) is 54.6 Å². The van der Waals surface area contributed by atoms with Gasteiger partial charge in [0.05, 0.1) is 6.04 Å². The molecule has 0 saturated carbocycles. The second-order valence-electron chi connectivity index (χ2n) is 20.4. The summed E-state index contributed by atoms with van der Waals surface area (Å²) in [5, 5.41) is 41.1. The van der Waals surface area contributed by atoms with Gasteiger partial charge in [-0.15, -0.1) is 0 Å². The van der Waals surface area contributed by atoms with E-state index in [0.717, 1.165) is 22.9 Å². The number of nitrogens with two attached hydrogens (primary N) is 2. The number of guanidine groups is 1. The van der Waals surface area contributed by atoms with Gasteiger partial charge < -0.3 is 69.0 Å². The van der Waals surface area contributed by atoms with E-state index in [2.05, 4.69) is 47.5 Å². The molecule has 22 heteroatoms. The van der Waals surface area contributed by atoms with Crippen LogP contribution in [0.15, 0.2) is 91.1 Å². The number of aliphatic carboxylic acids is 1. The highest BCUT2D eigenvalue weighted by Crippen LogP contribution is 2.23. The number of carboxylic acids is 1. The van der Waals surface area contributed by atoms with Crippen LogP contribution in [-0.2, 0) is 57.6 Å². The number of nitrogens with one attached hydrogen (secondary N) is 10. The molecule has 2 saturated heterocycles. The molecule has 6 rings (SSSR count). The summed E-state index contributed by atoms with van der Waals surface area (Å²) in [4.78, 5) is 117. The summed E-state index contributed by atoms with van der Waals surface area (Å²) in [5.41, 5.74) is 14.3. The molecular weight excluding hydrogens is 999 g/mol. The average molecular weight is 1080 g/mol. The van der Waals surface area contributed by atoms with Crippen LogP contribution in [0, 0.1) is 11.3 Å². The standard InChI is InChI=1S/C56H77N13O9/c1-34(2)47(55(77)78)68-53(75)46-25-15-29-69(46)54(76)42(22-11-12-26-57)64-51(73)44(31-36-18-7-4-8-19-36)66-52(74)45(32-37-33-62-39-21-10-9-20-38(37)39)67-49(71)41(24-14-28-61-56(58)59)63-50(72)43(30-35-16-5-3-6-17-35)65-48(70)40-23-13-27-60-40/h3-10,16-21,33-34,40-47,60,62H,11-15,22-32,57H2,1-2H3,(H,63,72)(H,64,73)(H,65,70)(H,66,74)(H,67,71)(H,68,75)(H,77,78)(H4,58,59,61)/t40-,41-,42-,43+,44-,45+,46-,47-/m0/s1. The number of likely N-dealkylation sites (tertiary alicyclic amines) is 1. The van der Waals surface area contributed by atoms with Crippen molar-refractivity contribution in [1.29, 1.82) is 5.41 Å². The molecule has 2 aliphatic heterocycles. The molecule has 3 aromatic carbocycles. The Hall–Kier alpha value is -7.85. The lowest BCUT2D eigenvalue weighted by Gasteiger charge is -2.31. The molecular formula is C56H77N13O9. The van der Waals surface area contributed by atoms with Gasteiger partial charge in [0.2, 0.25) is 41.4 Å². The van der Waals surface area contributed by atoms with Gasteiger partial charge in [-0.3, -0.25) is 39.0 Å². The predicted octanol–water partition coefficient (Wildman–Crippen LogP) is 0.980. The zero-order valence-corrected chi connectivity index (χ0v) is 44.5. The highest BCUT2D eigenvalue weighted by molar-refractivity contribution is 5.98. The number of nitrogens with zero attached hydrogens (tertiary/aromatic N) is 1. The molecule has 0 radical (unpaired) electrons. The van der Waals surface area contributed by atoms with Crippen molar-refractivity contribution in [2.24, 2.45) is 17.4 Å². The number of carbonyl (C=O) groups is 8. The van der Waals surface area contributed by atoms with Crippen LogP contribution in [0.4, 0.5) is 0 Å². The predicted molar refractivity (Wildman–Crippen MR) is 294 cm³/mol.